The zero-order valence-corrected chi connectivity index (χ0v) is 14.1. The Bertz CT molecular complexity index is 997. The third-order valence-corrected chi connectivity index (χ3v) is 4.31. The van der Waals surface area contributed by atoms with Gasteiger partial charge in [-0.25, -0.2) is 13.8 Å². The van der Waals surface area contributed by atoms with Crippen LogP contribution in [0.4, 0.5) is 4.39 Å². The number of nitriles is 1. The summed E-state index contributed by atoms with van der Waals surface area (Å²) in [5.41, 5.74) is -0.857. The summed E-state index contributed by atoms with van der Waals surface area (Å²) >= 11 is 0. The van der Waals surface area contributed by atoms with E-state index in [1.165, 1.54) is 22.9 Å². The molecule has 1 amide bonds. The van der Waals surface area contributed by atoms with Crippen molar-refractivity contribution in [1.82, 2.24) is 14.5 Å². The maximum Gasteiger partial charge on any atom is 0.331 e. The highest BCUT2D eigenvalue weighted by Crippen LogP contribution is 2.33. The number of aromatic nitrogens is 2. The Morgan fingerprint density at radius 3 is 2.58 bits per heavy atom. The van der Waals surface area contributed by atoms with E-state index in [2.05, 4.69) is 5.32 Å². The summed E-state index contributed by atoms with van der Waals surface area (Å²) in [5.74, 6) is -0.925. The van der Waals surface area contributed by atoms with E-state index in [1.54, 1.807) is 25.1 Å². The molecule has 1 aliphatic carbocycles. The summed E-state index contributed by atoms with van der Waals surface area (Å²) in [7, 11) is 0. The molecule has 1 heterocycles. The van der Waals surface area contributed by atoms with E-state index in [0.29, 0.717) is 5.56 Å². The summed E-state index contributed by atoms with van der Waals surface area (Å²) in [6, 6.07) is 6.98. The lowest BCUT2D eigenvalue weighted by atomic mass is 10.1. The zero-order valence-electron chi connectivity index (χ0n) is 14.1. The van der Waals surface area contributed by atoms with E-state index >= 15 is 0 Å². The van der Waals surface area contributed by atoms with Crippen LogP contribution in [0, 0.1) is 17.1 Å². The molecule has 1 saturated carbocycles. The van der Waals surface area contributed by atoms with Crippen LogP contribution < -0.4 is 16.6 Å². The molecule has 1 fully saturated rings. The summed E-state index contributed by atoms with van der Waals surface area (Å²) in [6.45, 7) is 1.23. The van der Waals surface area contributed by atoms with E-state index in [-0.39, 0.29) is 17.4 Å². The van der Waals surface area contributed by atoms with Crippen LogP contribution in [0.5, 0.6) is 0 Å². The molecule has 8 heteroatoms. The van der Waals surface area contributed by atoms with Crippen molar-refractivity contribution in [1.29, 1.82) is 5.26 Å². The van der Waals surface area contributed by atoms with Gasteiger partial charge in [0.2, 0.25) is 5.91 Å². The molecule has 1 aromatic carbocycles. The maximum absolute atomic E-state index is 13.0. The topological polar surface area (TPSA) is 96.9 Å². The van der Waals surface area contributed by atoms with Gasteiger partial charge in [-0.05, 0) is 37.5 Å². The van der Waals surface area contributed by atoms with Crippen LogP contribution in [-0.4, -0.2) is 15.0 Å². The van der Waals surface area contributed by atoms with Gasteiger partial charge in [0.1, 0.15) is 24.0 Å². The van der Waals surface area contributed by atoms with Crippen molar-refractivity contribution in [3.05, 3.63) is 68.2 Å². The van der Waals surface area contributed by atoms with E-state index in [4.69, 9.17) is 5.26 Å². The number of amides is 1. The average molecular weight is 356 g/mol. The molecule has 0 bridgehead atoms. The number of hydrogen-bond acceptors (Lipinski definition) is 4. The predicted molar refractivity (Wildman–Crippen MR) is 90.9 cm³/mol. The second-order valence-corrected chi connectivity index (χ2v) is 6.31. The number of rotatable bonds is 5. The Morgan fingerprint density at radius 2 is 2.00 bits per heavy atom. The Balaban J connectivity index is 1.82. The van der Waals surface area contributed by atoms with Crippen molar-refractivity contribution in [3.8, 4) is 6.07 Å². The van der Waals surface area contributed by atoms with Gasteiger partial charge in [0.25, 0.3) is 5.56 Å². The van der Waals surface area contributed by atoms with E-state index in [0.717, 1.165) is 17.4 Å². The number of nitrogens with one attached hydrogen (secondary N) is 1. The van der Waals surface area contributed by atoms with Gasteiger partial charge >= 0.3 is 5.69 Å². The van der Waals surface area contributed by atoms with Crippen molar-refractivity contribution < 1.29 is 9.18 Å². The number of hydrogen-bond donors (Lipinski definition) is 1. The lowest BCUT2D eigenvalue weighted by molar-refractivity contribution is -0.122. The van der Waals surface area contributed by atoms with Crippen LogP contribution in [0.2, 0.25) is 0 Å². The van der Waals surface area contributed by atoms with Gasteiger partial charge in [0.05, 0.1) is 6.04 Å². The molecule has 0 radical (unpaired) electrons. The minimum Gasteiger partial charge on any atom is -0.348 e. The summed E-state index contributed by atoms with van der Waals surface area (Å²) in [4.78, 5) is 37.0. The first-order chi connectivity index (χ1) is 12.4. The quantitative estimate of drug-likeness (QED) is 0.871. The molecule has 134 valence electrons. The lowest BCUT2D eigenvalue weighted by Crippen LogP contribution is -2.44. The van der Waals surface area contributed by atoms with Gasteiger partial charge in [-0.1, -0.05) is 12.1 Å². The van der Waals surface area contributed by atoms with Crippen LogP contribution in [0.3, 0.4) is 0 Å². The second-order valence-electron chi connectivity index (χ2n) is 6.31. The summed E-state index contributed by atoms with van der Waals surface area (Å²) < 4.78 is 15.1. The highest BCUT2D eigenvalue weighted by atomic mass is 19.1. The number of benzene rings is 1. The number of halogens is 1. The predicted octanol–water partition coefficient (Wildman–Crippen LogP) is 1.23. The van der Waals surface area contributed by atoms with Crippen molar-refractivity contribution >= 4 is 5.91 Å². The molecule has 2 aromatic rings. The van der Waals surface area contributed by atoms with Crippen molar-refractivity contribution in [2.75, 3.05) is 0 Å². The van der Waals surface area contributed by atoms with Crippen LogP contribution in [0.1, 0.15) is 43.0 Å². The largest absolute Gasteiger partial charge is 0.348 e. The van der Waals surface area contributed by atoms with Crippen LogP contribution in [0.25, 0.3) is 0 Å². The van der Waals surface area contributed by atoms with Crippen LogP contribution in [-0.2, 0) is 11.3 Å². The van der Waals surface area contributed by atoms with Gasteiger partial charge in [-0.3, -0.25) is 14.2 Å². The van der Waals surface area contributed by atoms with Gasteiger partial charge in [0.15, 0.2) is 0 Å². The Labute approximate surface area is 148 Å². The first-order valence-electron chi connectivity index (χ1n) is 8.21. The minimum absolute atomic E-state index is 0.0253. The molecular weight excluding hydrogens is 339 g/mol. The molecule has 1 atom stereocenters. The molecule has 1 aliphatic rings. The van der Waals surface area contributed by atoms with Gasteiger partial charge < -0.3 is 5.32 Å². The highest BCUT2D eigenvalue weighted by molar-refractivity contribution is 5.76. The number of carbonyl (C=O) groups is 1. The number of nitrogens with zero attached hydrogens (tertiary/aromatic N) is 3. The van der Waals surface area contributed by atoms with E-state index < -0.39 is 29.7 Å². The first-order valence-corrected chi connectivity index (χ1v) is 8.21. The van der Waals surface area contributed by atoms with Crippen molar-refractivity contribution in [3.63, 3.8) is 0 Å². The molecular formula is C18H17FN4O3. The second kappa shape index (κ2) is 6.96. The normalized spacial score (nSPS) is 14.5. The monoisotopic (exact) mass is 356 g/mol. The van der Waals surface area contributed by atoms with Gasteiger partial charge in [0, 0.05) is 12.2 Å². The minimum atomic E-state index is -0.779. The molecule has 0 aliphatic heterocycles. The third-order valence-electron chi connectivity index (χ3n) is 4.31. The van der Waals surface area contributed by atoms with Crippen LogP contribution >= 0.6 is 0 Å². The Hall–Kier alpha value is -3.21. The molecule has 26 heavy (non-hydrogen) atoms. The Morgan fingerprint density at radius 1 is 1.35 bits per heavy atom. The smallest absolute Gasteiger partial charge is 0.331 e. The summed E-state index contributed by atoms with van der Waals surface area (Å²) in [5, 5.41) is 11.8. The molecule has 1 N–H and O–H groups in total. The van der Waals surface area contributed by atoms with Crippen LogP contribution in [0.15, 0.2) is 40.1 Å². The van der Waals surface area contributed by atoms with Gasteiger partial charge in [-0.2, -0.15) is 5.26 Å². The first kappa shape index (κ1) is 17.6. The average Bonchev–Trinajstić information content (AvgIpc) is 3.44. The number of carbonyl (C=O) groups excluding carboxylic acids is 1. The summed E-state index contributed by atoms with van der Waals surface area (Å²) in [6.07, 6.45) is 2.87. The lowest BCUT2D eigenvalue weighted by Gasteiger charge is -2.15. The fourth-order valence-electron chi connectivity index (χ4n) is 2.72. The molecule has 0 saturated heterocycles. The highest BCUT2D eigenvalue weighted by Gasteiger charge is 2.27. The van der Waals surface area contributed by atoms with Crippen molar-refractivity contribution in [2.24, 2.45) is 0 Å². The fourth-order valence-corrected chi connectivity index (χ4v) is 2.72. The van der Waals surface area contributed by atoms with E-state index in [1.807, 2.05) is 0 Å². The zero-order chi connectivity index (χ0) is 18.8. The Kier molecular flexibility index (Phi) is 4.71. The molecule has 3 rings (SSSR count). The SMILES string of the molecule is CC(NC(=O)Cn1c(=O)c(C#N)cn(C2CC2)c1=O)c1ccc(F)cc1. The molecule has 1 unspecified atom stereocenters. The third kappa shape index (κ3) is 3.57. The molecule has 7 nitrogen and oxygen atoms in total. The fraction of sp³-hybridized carbons (Fsp3) is 0.333. The maximum atomic E-state index is 13.0. The van der Waals surface area contributed by atoms with Gasteiger partial charge in [-0.15, -0.1) is 0 Å². The standard InChI is InChI=1S/C18H17FN4O3/c1-11(12-2-4-14(19)5-3-12)21-16(24)10-23-17(25)13(8-20)9-22(18(23)26)15-6-7-15/h2-5,9,11,15H,6-7,10H2,1H3,(H,21,24). The molecule has 0 spiro atoms. The van der Waals surface area contributed by atoms with Crippen molar-refractivity contribution in [2.45, 2.75) is 38.4 Å². The van der Waals surface area contributed by atoms with E-state index in [9.17, 15) is 18.8 Å². The molecule has 1 aromatic heterocycles.